The lowest BCUT2D eigenvalue weighted by molar-refractivity contribution is 0.104. The molecule has 0 saturated carbocycles. The molecular weight excluding hydrogens is 348 g/mol. The van der Waals surface area contributed by atoms with Gasteiger partial charge in [0.2, 0.25) is 0 Å². The Morgan fingerprint density at radius 2 is 1.67 bits per heavy atom. The zero-order chi connectivity index (χ0) is 18.7. The van der Waals surface area contributed by atoms with E-state index in [0.717, 1.165) is 11.1 Å². The van der Waals surface area contributed by atoms with Crippen LogP contribution in [0.25, 0.3) is 41.7 Å². The van der Waals surface area contributed by atoms with Gasteiger partial charge in [-0.1, -0.05) is 55.1 Å². The number of ketones is 1. The van der Waals surface area contributed by atoms with E-state index in [9.17, 15) is 4.79 Å². The van der Waals surface area contributed by atoms with E-state index in [1.807, 2.05) is 17.4 Å². The minimum atomic E-state index is -0.0203. The summed E-state index contributed by atoms with van der Waals surface area (Å²) < 4.78 is 2.62. The number of thiophene rings is 1. The van der Waals surface area contributed by atoms with Crippen LogP contribution >= 0.6 is 11.3 Å². The molecule has 0 N–H and O–H groups in total. The monoisotopic (exact) mass is 366 g/mol. The van der Waals surface area contributed by atoms with Gasteiger partial charge in [0, 0.05) is 25.7 Å². The van der Waals surface area contributed by atoms with Gasteiger partial charge in [0.15, 0.2) is 5.78 Å². The summed E-state index contributed by atoms with van der Waals surface area (Å²) in [7, 11) is 0. The molecule has 0 aliphatic rings. The summed E-state index contributed by atoms with van der Waals surface area (Å²) >= 11 is 1.86. The van der Waals surface area contributed by atoms with E-state index in [-0.39, 0.29) is 5.78 Å². The number of hydrogen-bond acceptors (Lipinski definition) is 2. The van der Waals surface area contributed by atoms with Crippen molar-refractivity contribution in [3.05, 3.63) is 83.9 Å². The lowest BCUT2D eigenvalue weighted by atomic mass is 9.92. The Balaban J connectivity index is 2.06. The molecule has 0 aliphatic carbocycles. The molecule has 130 valence electrons. The maximum atomic E-state index is 12.3. The largest absolute Gasteiger partial charge is 0.289 e. The molecule has 2 heteroatoms. The molecule has 1 aromatic heterocycles. The quantitative estimate of drug-likeness (QED) is 0.236. The van der Waals surface area contributed by atoms with Gasteiger partial charge in [0.05, 0.1) is 0 Å². The normalized spacial score (nSPS) is 11.6. The van der Waals surface area contributed by atoms with Gasteiger partial charge in [0.25, 0.3) is 0 Å². The molecule has 0 aliphatic heterocycles. The van der Waals surface area contributed by atoms with Gasteiger partial charge in [-0.05, 0) is 58.7 Å². The van der Waals surface area contributed by atoms with E-state index in [1.165, 1.54) is 53.4 Å². The van der Waals surface area contributed by atoms with E-state index < -0.39 is 0 Å². The standard InChI is InChI=1S/C25H18OS/c1-4-21(26)18-11-10-17-13-14(2)24-23(22(17)15(18)3)20-12-9-16-7-5-6-8-19(16)25(20)27-24/h4-13H,1H2,2-3H3. The summed E-state index contributed by atoms with van der Waals surface area (Å²) in [5, 5.41) is 7.47. The summed E-state index contributed by atoms with van der Waals surface area (Å²) in [4.78, 5) is 12.3. The van der Waals surface area contributed by atoms with E-state index >= 15 is 0 Å². The Morgan fingerprint density at radius 1 is 0.889 bits per heavy atom. The van der Waals surface area contributed by atoms with Crippen LogP contribution in [0.4, 0.5) is 0 Å². The van der Waals surface area contributed by atoms with Crippen LogP contribution in [0.2, 0.25) is 0 Å². The zero-order valence-corrected chi connectivity index (χ0v) is 16.1. The van der Waals surface area contributed by atoms with Gasteiger partial charge in [-0.15, -0.1) is 11.3 Å². The summed E-state index contributed by atoms with van der Waals surface area (Å²) in [6, 6.07) is 19.2. The fraction of sp³-hybridized carbons (Fsp3) is 0.0800. The van der Waals surface area contributed by atoms with Gasteiger partial charge in [-0.25, -0.2) is 0 Å². The van der Waals surface area contributed by atoms with Crippen molar-refractivity contribution in [3.8, 4) is 0 Å². The first-order valence-corrected chi connectivity index (χ1v) is 9.85. The third-order valence-corrected chi connectivity index (χ3v) is 6.88. The molecule has 1 heterocycles. The lowest BCUT2D eigenvalue weighted by Gasteiger charge is -2.11. The van der Waals surface area contributed by atoms with Gasteiger partial charge >= 0.3 is 0 Å². The zero-order valence-electron chi connectivity index (χ0n) is 15.3. The molecule has 0 saturated heterocycles. The number of fused-ring (bicyclic) bond motifs is 7. The average Bonchev–Trinajstić information content (AvgIpc) is 3.08. The second kappa shape index (κ2) is 5.77. The molecule has 27 heavy (non-hydrogen) atoms. The molecule has 0 fully saturated rings. The van der Waals surface area contributed by atoms with Crippen molar-refractivity contribution in [2.75, 3.05) is 0 Å². The van der Waals surface area contributed by atoms with Crippen LogP contribution in [0.15, 0.2) is 67.3 Å². The molecule has 0 radical (unpaired) electrons. The molecular formula is C25H18OS. The molecule has 0 spiro atoms. The average molecular weight is 366 g/mol. The third kappa shape index (κ3) is 2.20. The second-order valence-electron chi connectivity index (χ2n) is 7.07. The Labute approximate surface area is 161 Å². The maximum absolute atomic E-state index is 12.3. The Morgan fingerprint density at radius 3 is 2.48 bits per heavy atom. The number of benzene rings is 4. The highest BCUT2D eigenvalue weighted by molar-refractivity contribution is 7.27. The highest BCUT2D eigenvalue weighted by Crippen LogP contribution is 2.44. The maximum Gasteiger partial charge on any atom is 0.185 e. The first-order chi connectivity index (χ1) is 13.1. The molecule has 1 nitrogen and oxygen atoms in total. The molecule has 0 unspecified atom stereocenters. The van der Waals surface area contributed by atoms with Crippen molar-refractivity contribution >= 4 is 58.8 Å². The Kier molecular flexibility index (Phi) is 3.46. The summed E-state index contributed by atoms with van der Waals surface area (Å²) in [6.45, 7) is 7.89. The number of carbonyl (C=O) groups excluding carboxylic acids is 1. The van der Waals surface area contributed by atoms with Crippen molar-refractivity contribution < 1.29 is 4.79 Å². The fourth-order valence-electron chi connectivity index (χ4n) is 4.21. The number of allylic oxidation sites excluding steroid dienone is 1. The van der Waals surface area contributed by atoms with Crippen LogP contribution in [-0.4, -0.2) is 5.78 Å². The van der Waals surface area contributed by atoms with E-state index in [4.69, 9.17) is 0 Å². The first-order valence-electron chi connectivity index (χ1n) is 9.04. The molecule has 0 atom stereocenters. The van der Waals surface area contributed by atoms with Gasteiger partial charge in [0.1, 0.15) is 0 Å². The van der Waals surface area contributed by atoms with Crippen molar-refractivity contribution in [2.24, 2.45) is 0 Å². The second-order valence-corrected chi connectivity index (χ2v) is 8.09. The molecule has 0 amide bonds. The fourth-order valence-corrected chi connectivity index (χ4v) is 5.53. The van der Waals surface area contributed by atoms with Gasteiger partial charge in [-0.2, -0.15) is 0 Å². The molecule has 5 aromatic rings. The van der Waals surface area contributed by atoms with Crippen LogP contribution in [0.5, 0.6) is 0 Å². The van der Waals surface area contributed by atoms with Crippen LogP contribution < -0.4 is 0 Å². The highest BCUT2D eigenvalue weighted by atomic mass is 32.1. The number of carbonyl (C=O) groups is 1. The summed E-state index contributed by atoms with van der Waals surface area (Å²) in [6.07, 6.45) is 1.40. The van der Waals surface area contributed by atoms with Crippen LogP contribution in [0, 0.1) is 13.8 Å². The van der Waals surface area contributed by atoms with Gasteiger partial charge in [-0.3, -0.25) is 4.79 Å². The minimum absolute atomic E-state index is 0.0203. The van der Waals surface area contributed by atoms with Crippen LogP contribution in [-0.2, 0) is 0 Å². The molecule has 5 rings (SSSR count). The van der Waals surface area contributed by atoms with Crippen molar-refractivity contribution in [3.63, 3.8) is 0 Å². The number of hydrogen-bond donors (Lipinski definition) is 0. The van der Waals surface area contributed by atoms with Crippen LogP contribution in [0.1, 0.15) is 21.5 Å². The molecule has 0 bridgehead atoms. The molecule has 4 aromatic carbocycles. The lowest BCUT2D eigenvalue weighted by Crippen LogP contribution is -1.98. The Hall–Kier alpha value is -2.97. The first kappa shape index (κ1) is 16.2. The van der Waals surface area contributed by atoms with Crippen molar-refractivity contribution in [2.45, 2.75) is 13.8 Å². The number of rotatable bonds is 2. The topological polar surface area (TPSA) is 17.1 Å². The van der Waals surface area contributed by atoms with Gasteiger partial charge < -0.3 is 0 Å². The van der Waals surface area contributed by atoms with Crippen LogP contribution in [0.3, 0.4) is 0 Å². The third-order valence-electron chi connectivity index (χ3n) is 5.51. The van der Waals surface area contributed by atoms with Crippen molar-refractivity contribution in [1.29, 1.82) is 0 Å². The summed E-state index contributed by atoms with van der Waals surface area (Å²) in [5.41, 5.74) is 3.06. The summed E-state index contributed by atoms with van der Waals surface area (Å²) in [5.74, 6) is -0.0203. The highest BCUT2D eigenvalue weighted by Gasteiger charge is 2.17. The minimum Gasteiger partial charge on any atom is -0.289 e. The van der Waals surface area contributed by atoms with E-state index in [2.05, 4.69) is 69.0 Å². The smallest absolute Gasteiger partial charge is 0.185 e. The predicted molar refractivity (Wildman–Crippen MR) is 118 cm³/mol. The van der Waals surface area contributed by atoms with Crippen molar-refractivity contribution in [1.82, 2.24) is 0 Å². The predicted octanol–water partition coefficient (Wildman–Crippen LogP) is 7.35. The Bertz CT molecular complexity index is 1420. The SMILES string of the molecule is C=CC(=O)c1ccc2cc(C)c3sc4c5ccccc5ccc4c3c2c1C. The van der Waals surface area contributed by atoms with E-state index in [1.54, 1.807) is 0 Å². The van der Waals surface area contributed by atoms with E-state index in [0.29, 0.717) is 0 Å². The number of aryl methyl sites for hydroxylation is 2.